The van der Waals surface area contributed by atoms with Gasteiger partial charge in [-0.15, -0.1) is 5.11 Å². The second-order valence-electron chi connectivity index (χ2n) is 3.98. The average molecular weight is 282 g/mol. The van der Waals surface area contributed by atoms with Gasteiger partial charge < -0.3 is 0 Å². The van der Waals surface area contributed by atoms with Gasteiger partial charge in [-0.1, -0.05) is 42.6 Å². The van der Waals surface area contributed by atoms with Gasteiger partial charge in [0.25, 0.3) is 0 Å². The zero-order valence-electron chi connectivity index (χ0n) is 9.98. The van der Waals surface area contributed by atoms with Gasteiger partial charge >= 0.3 is 0 Å². The highest BCUT2D eigenvalue weighted by Gasteiger charge is 2.11. The fourth-order valence-corrected chi connectivity index (χ4v) is 2.34. The number of azo groups is 1. The maximum atomic E-state index is 6.23. The zero-order valence-corrected chi connectivity index (χ0v) is 11.5. The minimum atomic E-state index is -0.224. The molecule has 2 rings (SSSR count). The van der Waals surface area contributed by atoms with Gasteiger partial charge in [0, 0.05) is 10.0 Å². The minimum absolute atomic E-state index is 0.224. The van der Waals surface area contributed by atoms with E-state index in [1.807, 2.05) is 18.2 Å². The Morgan fingerprint density at radius 2 is 2.22 bits per heavy atom. The Labute approximate surface area is 116 Å². The van der Waals surface area contributed by atoms with Crippen molar-refractivity contribution in [3.63, 3.8) is 0 Å². The summed E-state index contributed by atoms with van der Waals surface area (Å²) in [5, 5.41) is 9.02. The molecule has 0 N–H and O–H groups in total. The normalized spacial score (nSPS) is 18.6. The molecule has 0 radical (unpaired) electrons. The number of hydrogen-bond acceptors (Lipinski definition) is 3. The highest BCUT2D eigenvalue weighted by molar-refractivity contribution is 6.35. The highest BCUT2D eigenvalue weighted by Crippen LogP contribution is 2.30. The summed E-state index contributed by atoms with van der Waals surface area (Å²) in [7, 11) is 0. The predicted octanol–water partition coefficient (Wildman–Crippen LogP) is 5.00. The summed E-state index contributed by atoms with van der Waals surface area (Å²) in [4.78, 5) is 4.13. The Kier molecular flexibility index (Phi) is 4.50. The van der Waals surface area contributed by atoms with E-state index in [2.05, 4.69) is 22.1 Å². The Morgan fingerprint density at radius 3 is 2.83 bits per heavy atom. The summed E-state index contributed by atoms with van der Waals surface area (Å²) in [5.41, 5.74) is 2.11. The molecule has 1 aromatic carbocycles. The van der Waals surface area contributed by atoms with Gasteiger partial charge in [0.1, 0.15) is 6.34 Å². The molecule has 0 fully saturated rings. The van der Waals surface area contributed by atoms with Gasteiger partial charge in [0.15, 0.2) is 6.17 Å². The predicted molar refractivity (Wildman–Crippen MR) is 76.5 cm³/mol. The molecule has 0 spiro atoms. The Balaban J connectivity index is 2.34. The largest absolute Gasteiger partial charge is 0.239 e. The molecule has 1 atom stereocenters. The number of hydrogen-bond donors (Lipinski definition) is 0. The molecule has 0 bridgehead atoms. The maximum Gasteiger partial charge on any atom is 0.181 e. The Morgan fingerprint density at radius 1 is 1.39 bits per heavy atom. The molecule has 1 aliphatic rings. The second kappa shape index (κ2) is 6.12. The first-order valence-corrected chi connectivity index (χ1v) is 6.54. The first-order chi connectivity index (χ1) is 8.70. The molecule has 0 amide bonds. The molecule has 1 unspecified atom stereocenters. The van der Waals surface area contributed by atoms with Crippen molar-refractivity contribution in [3.05, 3.63) is 39.9 Å². The summed E-state index contributed by atoms with van der Waals surface area (Å²) >= 11 is 12.1. The lowest BCUT2D eigenvalue weighted by molar-refractivity contribution is 0.860. The van der Waals surface area contributed by atoms with Crippen molar-refractivity contribution in [1.82, 2.24) is 0 Å². The number of benzene rings is 1. The molecule has 0 saturated heterocycles. The van der Waals surface area contributed by atoms with Crippen molar-refractivity contribution < 1.29 is 0 Å². The van der Waals surface area contributed by atoms with Crippen LogP contribution in [0.3, 0.4) is 0 Å². The van der Waals surface area contributed by atoms with Gasteiger partial charge in [-0.2, -0.15) is 5.11 Å². The van der Waals surface area contributed by atoms with Crippen LogP contribution >= 0.6 is 23.2 Å². The average Bonchev–Trinajstić information content (AvgIpc) is 2.81. The molecule has 0 saturated carbocycles. The van der Waals surface area contributed by atoms with E-state index in [0.717, 1.165) is 24.0 Å². The van der Waals surface area contributed by atoms with Crippen LogP contribution in [0.15, 0.2) is 39.5 Å². The lowest BCUT2D eigenvalue weighted by Gasteiger charge is -2.10. The van der Waals surface area contributed by atoms with E-state index < -0.39 is 0 Å². The van der Waals surface area contributed by atoms with Crippen LogP contribution in [0, 0.1) is 0 Å². The number of rotatable bonds is 4. The van der Waals surface area contributed by atoms with E-state index in [1.54, 1.807) is 6.07 Å². The van der Waals surface area contributed by atoms with E-state index >= 15 is 0 Å². The van der Waals surface area contributed by atoms with Crippen LogP contribution in [-0.2, 0) is 0 Å². The van der Waals surface area contributed by atoms with E-state index in [9.17, 15) is 0 Å². The summed E-state index contributed by atoms with van der Waals surface area (Å²) < 4.78 is 0. The number of halogens is 2. The topological polar surface area (TPSA) is 37.1 Å². The molecule has 1 aromatic rings. The third-order valence-corrected chi connectivity index (χ3v) is 3.15. The van der Waals surface area contributed by atoms with E-state index in [1.165, 1.54) is 6.34 Å². The Hall–Kier alpha value is -1.19. The van der Waals surface area contributed by atoms with Gasteiger partial charge in [-0.05, 0) is 35.8 Å². The molecule has 94 valence electrons. The molecular weight excluding hydrogens is 269 g/mol. The van der Waals surface area contributed by atoms with Gasteiger partial charge in [0.05, 0.1) is 0 Å². The van der Waals surface area contributed by atoms with Gasteiger partial charge in [-0.25, -0.2) is 4.99 Å². The first-order valence-electron chi connectivity index (χ1n) is 5.78. The maximum absolute atomic E-state index is 6.23. The quantitative estimate of drug-likeness (QED) is 0.745. The molecule has 3 nitrogen and oxygen atoms in total. The first kappa shape index (κ1) is 13.2. The minimum Gasteiger partial charge on any atom is -0.239 e. The zero-order chi connectivity index (χ0) is 13.0. The fourth-order valence-electron chi connectivity index (χ4n) is 1.81. The molecule has 0 aliphatic carbocycles. The second-order valence-corrected chi connectivity index (χ2v) is 4.82. The molecule has 0 aromatic heterocycles. The van der Waals surface area contributed by atoms with Crippen molar-refractivity contribution in [2.75, 3.05) is 0 Å². The van der Waals surface area contributed by atoms with Crippen LogP contribution in [0.4, 0.5) is 0 Å². The molecule has 1 aliphatic heterocycles. The Bertz CT molecular complexity index is 509. The third-order valence-electron chi connectivity index (χ3n) is 2.60. The monoisotopic (exact) mass is 281 g/mol. The van der Waals surface area contributed by atoms with Gasteiger partial charge in [0.2, 0.25) is 0 Å². The fraction of sp³-hybridized carbons (Fsp3) is 0.308. The standard InChI is InChI=1S/C13H13Cl2N3/c1-2-3-9(6-13-16-8-17-18-13)11-5-4-10(14)7-12(11)15/h4-8,13H,2-3H2,1H3/b9-6+. The van der Waals surface area contributed by atoms with Crippen molar-refractivity contribution in [1.29, 1.82) is 0 Å². The van der Waals surface area contributed by atoms with E-state index in [-0.39, 0.29) is 6.17 Å². The van der Waals surface area contributed by atoms with Crippen LogP contribution in [0.2, 0.25) is 10.0 Å². The molecule has 1 heterocycles. The van der Waals surface area contributed by atoms with Crippen LogP contribution in [0.1, 0.15) is 25.3 Å². The van der Waals surface area contributed by atoms with E-state index in [0.29, 0.717) is 10.0 Å². The smallest absolute Gasteiger partial charge is 0.181 e. The SMILES string of the molecule is CCC/C(=C\C1N=CN=N1)c1ccc(Cl)cc1Cl. The van der Waals surface area contributed by atoms with Crippen molar-refractivity contribution >= 4 is 35.1 Å². The van der Waals surface area contributed by atoms with Crippen molar-refractivity contribution in [2.45, 2.75) is 25.9 Å². The third kappa shape index (κ3) is 3.18. The van der Waals surface area contributed by atoms with Crippen LogP contribution in [0.25, 0.3) is 5.57 Å². The number of aliphatic imine (C=N–C) groups is 1. The highest BCUT2D eigenvalue weighted by atomic mass is 35.5. The molecule has 5 heteroatoms. The van der Waals surface area contributed by atoms with Crippen LogP contribution < -0.4 is 0 Å². The van der Waals surface area contributed by atoms with Gasteiger partial charge in [-0.3, -0.25) is 0 Å². The summed E-state index contributed by atoms with van der Waals surface area (Å²) in [5.74, 6) is 0. The van der Waals surface area contributed by atoms with Crippen molar-refractivity contribution in [3.8, 4) is 0 Å². The van der Waals surface area contributed by atoms with E-state index in [4.69, 9.17) is 23.2 Å². The number of nitrogens with zero attached hydrogens (tertiary/aromatic N) is 3. The summed E-state index contributed by atoms with van der Waals surface area (Å²) in [6.45, 7) is 2.12. The summed E-state index contributed by atoms with van der Waals surface area (Å²) in [6.07, 6.45) is 5.18. The van der Waals surface area contributed by atoms with Crippen LogP contribution in [0.5, 0.6) is 0 Å². The molecule has 18 heavy (non-hydrogen) atoms. The number of allylic oxidation sites excluding steroid dienone is 1. The van der Waals surface area contributed by atoms with Crippen molar-refractivity contribution in [2.24, 2.45) is 15.2 Å². The van der Waals surface area contributed by atoms with Crippen LogP contribution in [-0.4, -0.2) is 12.5 Å². The lowest BCUT2D eigenvalue weighted by atomic mass is 10.0. The molecular formula is C13H13Cl2N3. The summed E-state index contributed by atoms with van der Waals surface area (Å²) in [6, 6.07) is 5.52. The lowest BCUT2D eigenvalue weighted by Crippen LogP contribution is -1.95.